The van der Waals surface area contributed by atoms with Crippen LogP contribution in [0, 0.1) is 0 Å². The van der Waals surface area contributed by atoms with Gasteiger partial charge in [0.15, 0.2) is 5.58 Å². The maximum Gasteiger partial charge on any atom is 0.416 e. The number of nitrogens with one attached hydrogen (secondary N) is 2. The Labute approximate surface area is 210 Å². The molecule has 1 saturated carbocycles. The zero-order valence-corrected chi connectivity index (χ0v) is 20.0. The van der Waals surface area contributed by atoms with Crippen LogP contribution in [0.5, 0.6) is 0 Å². The number of para-hydroxylation sites is 1. The van der Waals surface area contributed by atoms with E-state index in [4.69, 9.17) is 4.52 Å². The molecule has 2 aromatic carbocycles. The van der Waals surface area contributed by atoms with E-state index in [0.29, 0.717) is 30.1 Å². The van der Waals surface area contributed by atoms with Crippen LogP contribution >= 0.6 is 0 Å². The van der Waals surface area contributed by atoms with Crippen LogP contribution in [0.15, 0.2) is 57.8 Å². The van der Waals surface area contributed by atoms with Gasteiger partial charge in [-0.25, -0.2) is 0 Å². The quantitative estimate of drug-likeness (QED) is 0.524. The predicted octanol–water partition coefficient (Wildman–Crippen LogP) is 3.33. The van der Waals surface area contributed by atoms with E-state index in [-0.39, 0.29) is 29.8 Å². The summed E-state index contributed by atoms with van der Waals surface area (Å²) >= 11 is 0. The van der Waals surface area contributed by atoms with Crippen LogP contribution in [0.25, 0.3) is 11.0 Å². The lowest BCUT2D eigenvalue weighted by atomic mass is 9.88. The highest BCUT2D eigenvalue weighted by Crippen LogP contribution is 2.33. The third-order valence-corrected chi connectivity index (χ3v) is 7.17. The minimum atomic E-state index is -4.55. The summed E-state index contributed by atoms with van der Waals surface area (Å²) in [4.78, 5) is 39.3. The summed E-state index contributed by atoms with van der Waals surface area (Å²) < 4.78 is 45.8. The van der Waals surface area contributed by atoms with E-state index in [2.05, 4.69) is 15.5 Å². The zero-order chi connectivity index (χ0) is 26.2. The number of alkyl halides is 3. The Hall–Kier alpha value is -3.60. The number of carbonyl (C=O) groups excluding carboxylic acids is 2. The van der Waals surface area contributed by atoms with E-state index in [1.807, 2.05) is 12.1 Å². The molecule has 3 aromatic rings. The lowest BCUT2D eigenvalue weighted by molar-refractivity contribution is -0.137. The molecule has 2 N–H and O–H groups in total. The van der Waals surface area contributed by atoms with Crippen LogP contribution in [-0.4, -0.2) is 53.2 Å². The molecule has 0 unspecified atom stereocenters. The Balaban J connectivity index is 1.04. The van der Waals surface area contributed by atoms with E-state index in [0.717, 1.165) is 43.9 Å². The Kier molecular flexibility index (Phi) is 6.80. The predicted molar refractivity (Wildman–Crippen MR) is 129 cm³/mol. The smallest absolute Gasteiger partial charge is 0.375 e. The normalized spacial score (nSPS) is 20.9. The molecule has 2 aliphatic rings. The molecule has 0 atom stereocenters. The first-order chi connectivity index (χ1) is 17.7. The molecule has 1 saturated heterocycles. The second kappa shape index (κ2) is 10.0. The van der Waals surface area contributed by atoms with Crippen LogP contribution in [0.2, 0.25) is 0 Å². The average molecular weight is 517 g/mol. The molecule has 5 rings (SSSR count). The Morgan fingerprint density at radius 2 is 1.68 bits per heavy atom. The highest BCUT2D eigenvalue weighted by atomic mass is 19.4. The second-order valence-corrected chi connectivity index (χ2v) is 9.66. The minimum absolute atomic E-state index is 0.0355. The number of hydrogen-bond acceptors (Lipinski definition) is 5. The molecule has 2 fully saturated rings. The zero-order valence-electron chi connectivity index (χ0n) is 20.0. The minimum Gasteiger partial charge on any atom is -0.375 e. The van der Waals surface area contributed by atoms with Gasteiger partial charge in [0.25, 0.3) is 11.5 Å². The maximum atomic E-state index is 12.8. The molecular formula is C26H27F3N4O4. The summed E-state index contributed by atoms with van der Waals surface area (Å²) in [7, 11) is 0. The molecule has 196 valence electrons. The van der Waals surface area contributed by atoms with Crippen molar-refractivity contribution in [2.45, 2.75) is 50.0 Å². The standard InChI is InChI=1S/C26H27F3N4O4/c27-26(28,29)17-5-3-4-16(12-17)24(35)30-13-23(34)31-18-14-32(15-18)19-8-10-20(11-9-19)33-25(36)21-6-1-2-7-22(21)37-33/h1-7,12,18-20H,8-11,13-15H2,(H,30,35)(H,31,34)/t19-,20+. The van der Waals surface area contributed by atoms with Crippen molar-refractivity contribution in [2.24, 2.45) is 0 Å². The maximum absolute atomic E-state index is 12.8. The third-order valence-electron chi connectivity index (χ3n) is 7.17. The molecule has 0 bridgehead atoms. The molecular weight excluding hydrogens is 489 g/mol. The molecule has 0 radical (unpaired) electrons. The van der Waals surface area contributed by atoms with Gasteiger partial charge < -0.3 is 15.2 Å². The Morgan fingerprint density at radius 3 is 2.38 bits per heavy atom. The lowest BCUT2D eigenvalue weighted by Crippen LogP contribution is -2.63. The van der Waals surface area contributed by atoms with Gasteiger partial charge in [0.2, 0.25) is 5.91 Å². The molecule has 1 aliphatic heterocycles. The third kappa shape index (κ3) is 5.41. The average Bonchev–Trinajstić information content (AvgIpc) is 3.20. The molecule has 1 aromatic heterocycles. The fourth-order valence-corrected chi connectivity index (χ4v) is 5.17. The number of rotatable bonds is 6. The van der Waals surface area contributed by atoms with Gasteiger partial charge in [0.05, 0.1) is 29.6 Å². The summed E-state index contributed by atoms with van der Waals surface area (Å²) in [5.41, 5.74) is -0.566. The Bertz CT molecular complexity index is 1350. The number of benzene rings is 2. The first-order valence-corrected chi connectivity index (χ1v) is 12.3. The van der Waals surface area contributed by atoms with Gasteiger partial charge in [-0.05, 0) is 56.0 Å². The fourth-order valence-electron chi connectivity index (χ4n) is 5.17. The number of hydrogen-bond donors (Lipinski definition) is 2. The van der Waals surface area contributed by atoms with Gasteiger partial charge in [-0.2, -0.15) is 17.9 Å². The number of fused-ring (bicyclic) bond motifs is 1. The molecule has 37 heavy (non-hydrogen) atoms. The number of halogens is 3. The largest absolute Gasteiger partial charge is 0.416 e. The summed E-state index contributed by atoms with van der Waals surface area (Å²) in [6.07, 6.45) is -1.04. The van der Waals surface area contributed by atoms with Gasteiger partial charge in [0.1, 0.15) is 0 Å². The van der Waals surface area contributed by atoms with Crippen molar-refractivity contribution in [3.63, 3.8) is 0 Å². The molecule has 8 nitrogen and oxygen atoms in total. The molecule has 2 heterocycles. The van der Waals surface area contributed by atoms with Crippen molar-refractivity contribution < 1.29 is 27.3 Å². The molecule has 0 spiro atoms. The second-order valence-electron chi connectivity index (χ2n) is 9.66. The molecule has 2 amide bonds. The highest BCUT2D eigenvalue weighted by Gasteiger charge is 2.36. The van der Waals surface area contributed by atoms with Crippen molar-refractivity contribution in [3.05, 3.63) is 70.0 Å². The summed E-state index contributed by atoms with van der Waals surface area (Å²) in [6.45, 7) is 1.06. The molecule has 1 aliphatic carbocycles. The number of aromatic nitrogens is 1. The SMILES string of the molecule is O=C(CNC(=O)c1cccc(C(F)(F)F)c1)NC1CN([C@H]2CC[C@@H](n3oc4ccccc4c3=O)CC2)C1. The van der Waals surface area contributed by atoms with Gasteiger partial charge in [0, 0.05) is 24.7 Å². The van der Waals surface area contributed by atoms with E-state index in [1.54, 1.807) is 12.1 Å². The lowest BCUT2D eigenvalue weighted by Gasteiger charge is -2.46. The topological polar surface area (TPSA) is 96.6 Å². The van der Waals surface area contributed by atoms with E-state index < -0.39 is 23.6 Å². The summed E-state index contributed by atoms with van der Waals surface area (Å²) in [6, 6.07) is 11.7. The Morgan fingerprint density at radius 1 is 0.973 bits per heavy atom. The van der Waals surface area contributed by atoms with Crippen LogP contribution in [0.1, 0.15) is 47.6 Å². The van der Waals surface area contributed by atoms with Gasteiger partial charge >= 0.3 is 6.18 Å². The summed E-state index contributed by atoms with van der Waals surface area (Å²) in [5.74, 6) is -1.13. The van der Waals surface area contributed by atoms with Gasteiger partial charge in [-0.15, -0.1) is 0 Å². The number of carbonyl (C=O) groups is 2. The number of likely N-dealkylation sites (tertiary alicyclic amines) is 1. The van der Waals surface area contributed by atoms with Crippen molar-refractivity contribution in [3.8, 4) is 0 Å². The van der Waals surface area contributed by atoms with Crippen LogP contribution in [-0.2, 0) is 11.0 Å². The van der Waals surface area contributed by atoms with Crippen molar-refractivity contribution in [2.75, 3.05) is 19.6 Å². The van der Waals surface area contributed by atoms with Crippen LogP contribution < -0.4 is 16.2 Å². The molecule has 11 heteroatoms. The van der Waals surface area contributed by atoms with Crippen molar-refractivity contribution in [1.82, 2.24) is 20.3 Å². The first kappa shape index (κ1) is 25.1. The van der Waals surface area contributed by atoms with Gasteiger partial charge in [-0.3, -0.25) is 19.3 Å². The number of nitrogens with zero attached hydrogens (tertiary/aromatic N) is 2. The highest BCUT2D eigenvalue weighted by molar-refractivity contribution is 5.96. The number of amides is 2. The van der Waals surface area contributed by atoms with Crippen LogP contribution in [0.3, 0.4) is 0 Å². The van der Waals surface area contributed by atoms with Crippen molar-refractivity contribution in [1.29, 1.82) is 0 Å². The van der Waals surface area contributed by atoms with E-state index in [9.17, 15) is 27.6 Å². The van der Waals surface area contributed by atoms with Gasteiger partial charge in [-0.1, -0.05) is 18.2 Å². The fraction of sp³-hybridized carbons (Fsp3) is 0.423. The van der Waals surface area contributed by atoms with Crippen LogP contribution in [0.4, 0.5) is 13.2 Å². The first-order valence-electron chi connectivity index (χ1n) is 12.3. The van der Waals surface area contributed by atoms with E-state index >= 15 is 0 Å². The van der Waals surface area contributed by atoms with Crippen molar-refractivity contribution >= 4 is 22.8 Å². The van der Waals surface area contributed by atoms with E-state index in [1.165, 1.54) is 10.8 Å². The monoisotopic (exact) mass is 516 g/mol. The summed E-state index contributed by atoms with van der Waals surface area (Å²) in [5, 5.41) is 5.81.